The molecule has 0 bridgehead atoms. The van der Waals surface area contributed by atoms with Crippen LogP contribution >= 0.6 is 0 Å². The molecular weight excluding hydrogens is 598 g/mol. The average Bonchev–Trinajstić information content (AvgIpc) is 3.33. The van der Waals surface area contributed by atoms with E-state index >= 15 is 0 Å². The Morgan fingerprint density at radius 3 is 2.65 bits per heavy atom. The van der Waals surface area contributed by atoms with Gasteiger partial charge in [0.05, 0.1) is 12.3 Å². The average molecular weight is 646 g/mol. The van der Waals surface area contributed by atoms with Gasteiger partial charge in [-0.05, 0) is 102 Å². The van der Waals surface area contributed by atoms with Crippen LogP contribution in [0.5, 0.6) is 11.8 Å². The number of phenols is 1. The Morgan fingerprint density at radius 1 is 1.00 bits per heavy atom. The van der Waals surface area contributed by atoms with E-state index in [9.17, 15) is 9.90 Å². The highest BCUT2D eigenvalue weighted by Crippen LogP contribution is 2.40. The van der Waals surface area contributed by atoms with E-state index in [4.69, 9.17) is 14.7 Å². The van der Waals surface area contributed by atoms with Crippen molar-refractivity contribution in [2.75, 3.05) is 51.3 Å². The van der Waals surface area contributed by atoms with Gasteiger partial charge in [0.2, 0.25) is 5.91 Å². The Bertz CT molecular complexity index is 1810. The number of carbonyl (C=O) groups is 1. The van der Waals surface area contributed by atoms with Gasteiger partial charge in [0.15, 0.2) is 0 Å². The fourth-order valence-electron chi connectivity index (χ4n) is 8.12. The molecule has 8 nitrogen and oxygen atoms in total. The molecule has 2 atom stereocenters. The third-order valence-corrected chi connectivity index (χ3v) is 10.9. The number of anilines is 1. The van der Waals surface area contributed by atoms with Gasteiger partial charge >= 0.3 is 6.01 Å². The molecule has 3 heterocycles. The normalized spacial score (nSPS) is 18.9. The Labute approximate surface area is 284 Å². The SMILES string of the molecule is C=CC(=O)N1CCN(c2nc(OCCc3cccc4c3CCN(C)C4)nc3c2CCC(C(C)c2cc(O)cc4ccccc24)CC3)CC1. The molecule has 1 N–H and O–H groups in total. The Balaban J connectivity index is 1.13. The number of rotatable bonds is 8. The summed E-state index contributed by atoms with van der Waals surface area (Å²) in [6, 6.07) is 19.2. The van der Waals surface area contributed by atoms with Crippen molar-refractivity contribution >= 4 is 22.5 Å². The van der Waals surface area contributed by atoms with Crippen LogP contribution in [0.2, 0.25) is 0 Å². The number of likely N-dealkylation sites (N-methyl/N-ethyl adjacent to an activating group) is 1. The fraction of sp³-hybridized carbons (Fsp3) is 0.425. The molecule has 48 heavy (non-hydrogen) atoms. The van der Waals surface area contributed by atoms with Crippen molar-refractivity contribution < 1.29 is 14.6 Å². The maximum atomic E-state index is 12.3. The first kappa shape index (κ1) is 32.1. The van der Waals surface area contributed by atoms with Crippen LogP contribution in [0.1, 0.15) is 59.2 Å². The Morgan fingerprint density at radius 2 is 1.81 bits per heavy atom. The number of ether oxygens (including phenoxy) is 1. The number of fused-ring (bicyclic) bond motifs is 3. The maximum Gasteiger partial charge on any atom is 0.318 e. The van der Waals surface area contributed by atoms with Gasteiger partial charge in [-0.2, -0.15) is 9.97 Å². The number of aromatic nitrogens is 2. The summed E-state index contributed by atoms with van der Waals surface area (Å²) in [7, 11) is 2.18. The number of hydrogen-bond acceptors (Lipinski definition) is 7. The second-order valence-corrected chi connectivity index (χ2v) is 13.8. The summed E-state index contributed by atoms with van der Waals surface area (Å²) in [5.41, 5.74) is 7.73. The molecule has 3 aliphatic rings. The van der Waals surface area contributed by atoms with E-state index in [2.05, 4.69) is 66.7 Å². The molecule has 1 amide bonds. The van der Waals surface area contributed by atoms with Crippen LogP contribution in [0.3, 0.4) is 0 Å². The van der Waals surface area contributed by atoms with Gasteiger partial charge in [0.1, 0.15) is 11.6 Å². The lowest BCUT2D eigenvalue weighted by molar-refractivity contribution is -0.126. The highest BCUT2D eigenvalue weighted by Gasteiger charge is 2.30. The van der Waals surface area contributed by atoms with Crippen LogP contribution in [0, 0.1) is 5.92 Å². The third kappa shape index (κ3) is 6.63. The van der Waals surface area contributed by atoms with Crippen molar-refractivity contribution in [1.29, 1.82) is 0 Å². The predicted molar refractivity (Wildman–Crippen MR) is 191 cm³/mol. The van der Waals surface area contributed by atoms with E-state index in [0.717, 1.165) is 68.5 Å². The zero-order valence-corrected chi connectivity index (χ0v) is 28.3. The first-order valence-electron chi connectivity index (χ1n) is 17.6. The van der Waals surface area contributed by atoms with E-state index in [1.807, 2.05) is 23.1 Å². The van der Waals surface area contributed by atoms with Crippen LogP contribution in [0.15, 0.2) is 67.3 Å². The lowest BCUT2D eigenvalue weighted by Crippen LogP contribution is -2.49. The molecular formula is C40H47N5O3. The van der Waals surface area contributed by atoms with Gasteiger partial charge in [0.25, 0.3) is 0 Å². The number of nitrogens with zero attached hydrogens (tertiary/aromatic N) is 5. The van der Waals surface area contributed by atoms with Crippen LogP contribution in [0.4, 0.5) is 5.82 Å². The largest absolute Gasteiger partial charge is 0.508 e. The van der Waals surface area contributed by atoms with Crippen LogP contribution in [-0.2, 0) is 37.0 Å². The second-order valence-electron chi connectivity index (χ2n) is 13.8. The monoisotopic (exact) mass is 645 g/mol. The van der Waals surface area contributed by atoms with Crippen LogP contribution in [0.25, 0.3) is 10.8 Å². The molecule has 3 aromatic carbocycles. The number of piperazine rings is 1. The molecule has 0 radical (unpaired) electrons. The van der Waals surface area contributed by atoms with E-state index in [1.165, 1.54) is 39.3 Å². The summed E-state index contributed by atoms with van der Waals surface area (Å²) in [6.45, 7) is 11.3. The highest BCUT2D eigenvalue weighted by atomic mass is 16.5. The molecule has 0 saturated carbocycles. The van der Waals surface area contributed by atoms with Crippen molar-refractivity contribution in [1.82, 2.24) is 19.8 Å². The van der Waals surface area contributed by atoms with Gasteiger partial charge in [-0.3, -0.25) is 4.79 Å². The first-order valence-corrected chi connectivity index (χ1v) is 17.6. The summed E-state index contributed by atoms with van der Waals surface area (Å²) in [5, 5.41) is 12.9. The molecule has 250 valence electrons. The number of aromatic hydroxyl groups is 1. The van der Waals surface area contributed by atoms with Gasteiger partial charge in [0, 0.05) is 51.3 Å². The molecule has 4 aromatic rings. The van der Waals surface area contributed by atoms with Crippen LogP contribution < -0.4 is 9.64 Å². The molecule has 2 aliphatic heterocycles. The maximum absolute atomic E-state index is 12.3. The summed E-state index contributed by atoms with van der Waals surface area (Å²) in [6.07, 6.45) is 7.03. The zero-order chi connectivity index (χ0) is 33.2. The van der Waals surface area contributed by atoms with Crippen molar-refractivity contribution in [3.8, 4) is 11.8 Å². The number of aryl methyl sites for hydroxylation is 1. The lowest BCUT2D eigenvalue weighted by atomic mass is 9.80. The topological polar surface area (TPSA) is 82.0 Å². The summed E-state index contributed by atoms with van der Waals surface area (Å²) in [5.74, 6) is 1.95. The third-order valence-electron chi connectivity index (χ3n) is 10.9. The first-order chi connectivity index (χ1) is 23.4. The number of amides is 1. The molecule has 0 spiro atoms. The number of hydrogen-bond donors (Lipinski definition) is 1. The molecule has 7 rings (SSSR count). The quantitative estimate of drug-likeness (QED) is 0.184. The summed E-state index contributed by atoms with van der Waals surface area (Å²) in [4.78, 5) is 29.0. The summed E-state index contributed by atoms with van der Waals surface area (Å²) >= 11 is 0. The minimum atomic E-state index is -0.0220. The van der Waals surface area contributed by atoms with Crippen molar-refractivity contribution in [3.63, 3.8) is 0 Å². The van der Waals surface area contributed by atoms with Gasteiger partial charge in [-0.25, -0.2) is 0 Å². The summed E-state index contributed by atoms with van der Waals surface area (Å²) < 4.78 is 6.38. The molecule has 1 fully saturated rings. The molecule has 1 saturated heterocycles. The zero-order valence-electron chi connectivity index (χ0n) is 28.3. The van der Waals surface area contributed by atoms with Crippen molar-refractivity contribution in [3.05, 3.63) is 101 Å². The van der Waals surface area contributed by atoms with E-state index < -0.39 is 0 Å². The Kier molecular flexibility index (Phi) is 9.35. The van der Waals surface area contributed by atoms with E-state index in [1.54, 1.807) is 0 Å². The molecule has 1 aromatic heterocycles. The fourth-order valence-corrected chi connectivity index (χ4v) is 8.12. The predicted octanol–water partition coefficient (Wildman–Crippen LogP) is 6.08. The molecule has 1 aliphatic carbocycles. The standard InChI is InChI=1S/C40H47N5O3/c1-4-38(47)44-19-21-45(22-20-44)39-35-14-12-28(27(2)36-25-32(46)24-30-8-5-6-11-34(30)36)13-15-37(35)41-40(42-39)48-23-17-29-9-7-10-31-26-43(3)18-16-33(29)31/h4-11,24-25,27-28,46H,1,12-23,26H2,2-3H3. The van der Waals surface area contributed by atoms with E-state index in [-0.39, 0.29) is 11.8 Å². The van der Waals surface area contributed by atoms with Crippen molar-refractivity contribution in [2.45, 2.75) is 57.9 Å². The number of phenolic OH excluding ortho intramolecular Hbond substituents is 1. The molecule has 8 heteroatoms. The molecule has 2 unspecified atom stereocenters. The second kappa shape index (κ2) is 14.0. The number of benzene rings is 3. The minimum Gasteiger partial charge on any atom is -0.508 e. The van der Waals surface area contributed by atoms with Gasteiger partial charge in [-0.1, -0.05) is 56.0 Å². The van der Waals surface area contributed by atoms with Crippen molar-refractivity contribution in [2.24, 2.45) is 5.92 Å². The smallest absolute Gasteiger partial charge is 0.318 e. The highest BCUT2D eigenvalue weighted by molar-refractivity contribution is 5.88. The van der Waals surface area contributed by atoms with Gasteiger partial charge < -0.3 is 24.5 Å². The van der Waals surface area contributed by atoms with Gasteiger partial charge in [-0.15, -0.1) is 0 Å². The Hall–Kier alpha value is -4.43. The van der Waals surface area contributed by atoms with Crippen LogP contribution in [-0.4, -0.2) is 77.2 Å². The van der Waals surface area contributed by atoms with E-state index in [0.29, 0.717) is 50.5 Å². The minimum absolute atomic E-state index is 0.0220. The number of carbonyl (C=O) groups excluding carboxylic acids is 1. The lowest BCUT2D eigenvalue weighted by Gasteiger charge is -2.36.